The number of nitrogens with one attached hydrogen (secondary N) is 1. The Hall–Kier alpha value is -3.47. The Bertz CT molecular complexity index is 991. The maximum absolute atomic E-state index is 13.5. The number of halogens is 1. The zero-order valence-corrected chi connectivity index (χ0v) is 17.9. The summed E-state index contributed by atoms with van der Waals surface area (Å²) in [5, 5.41) is 3.06. The largest absolute Gasteiger partial charge is 0.353 e. The summed E-state index contributed by atoms with van der Waals surface area (Å²) in [6.45, 7) is 1.22. The van der Waals surface area contributed by atoms with Gasteiger partial charge in [-0.05, 0) is 41.7 Å². The summed E-state index contributed by atoms with van der Waals surface area (Å²) >= 11 is 0. The van der Waals surface area contributed by atoms with Gasteiger partial charge in [0.2, 0.25) is 11.8 Å². The molecule has 164 valence electrons. The van der Waals surface area contributed by atoms with E-state index in [1.807, 2.05) is 65.6 Å². The normalized spacial score (nSPS) is 14.4. The Morgan fingerprint density at radius 3 is 1.91 bits per heavy atom. The van der Waals surface area contributed by atoms with E-state index in [1.54, 1.807) is 12.1 Å². The van der Waals surface area contributed by atoms with E-state index in [4.69, 9.17) is 0 Å². The molecule has 1 saturated heterocycles. The zero-order valence-electron chi connectivity index (χ0n) is 17.9. The molecular weight excluding hydrogens is 403 g/mol. The molecule has 2 amide bonds. The fraction of sp³-hybridized carbons (Fsp3) is 0.259. The van der Waals surface area contributed by atoms with Crippen LogP contribution in [0.1, 0.15) is 35.4 Å². The summed E-state index contributed by atoms with van der Waals surface area (Å²) in [5.74, 6) is -0.621. The Morgan fingerprint density at radius 2 is 1.38 bits per heavy atom. The van der Waals surface area contributed by atoms with Gasteiger partial charge in [-0.2, -0.15) is 0 Å². The third-order valence-electron chi connectivity index (χ3n) is 5.96. The third kappa shape index (κ3) is 5.41. The summed E-state index contributed by atoms with van der Waals surface area (Å²) in [6, 6.07) is 25.8. The van der Waals surface area contributed by atoms with Crippen molar-refractivity contribution in [3.05, 3.63) is 107 Å². The van der Waals surface area contributed by atoms with Crippen LogP contribution in [0, 0.1) is 5.82 Å². The molecule has 0 bridgehead atoms. The first-order valence-electron chi connectivity index (χ1n) is 11.0. The first kappa shape index (κ1) is 21.8. The SMILES string of the molecule is O=C(Cc1ccc(F)cc1)NC1CCN(C(=O)C(c2ccccc2)c2ccccc2)CC1. The van der Waals surface area contributed by atoms with Crippen LogP contribution in [0.2, 0.25) is 0 Å². The van der Waals surface area contributed by atoms with Crippen LogP contribution in [0.5, 0.6) is 0 Å². The van der Waals surface area contributed by atoms with Crippen LogP contribution in [-0.2, 0) is 16.0 Å². The minimum absolute atomic E-state index is 0.0406. The maximum Gasteiger partial charge on any atom is 0.234 e. The first-order valence-corrected chi connectivity index (χ1v) is 11.0. The van der Waals surface area contributed by atoms with Gasteiger partial charge in [0.25, 0.3) is 0 Å². The molecule has 1 fully saturated rings. The topological polar surface area (TPSA) is 49.4 Å². The van der Waals surface area contributed by atoms with Gasteiger partial charge >= 0.3 is 0 Å². The van der Waals surface area contributed by atoms with Crippen LogP contribution >= 0.6 is 0 Å². The van der Waals surface area contributed by atoms with Crippen molar-refractivity contribution < 1.29 is 14.0 Å². The van der Waals surface area contributed by atoms with Crippen molar-refractivity contribution in [3.8, 4) is 0 Å². The summed E-state index contributed by atoms with van der Waals surface area (Å²) in [4.78, 5) is 27.8. The van der Waals surface area contributed by atoms with Crippen molar-refractivity contribution in [1.29, 1.82) is 0 Å². The van der Waals surface area contributed by atoms with Gasteiger partial charge < -0.3 is 10.2 Å². The number of nitrogens with zero attached hydrogens (tertiary/aromatic N) is 1. The second kappa shape index (κ2) is 10.2. The van der Waals surface area contributed by atoms with E-state index < -0.39 is 0 Å². The second-order valence-electron chi connectivity index (χ2n) is 8.22. The monoisotopic (exact) mass is 430 g/mol. The summed E-state index contributed by atoms with van der Waals surface area (Å²) in [7, 11) is 0. The van der Waals surface area contributed by atoms with Gasteiger partial charge in [-0.1, -0.05) is 72.8 Å². The highest BCUT2D eigenvalue weighted by Gasteiger charge is 2.30. The van der Waals surface area contributed by atoms with Crippen molar-refractivity contribution in [3.63, 3.8) is 0 Å². The fourth-order valence-corrected chi connectivity index (χ4v) is 4.26. The van der Waals surface area contributed by atoms with Gasteiger partial charge in [-0.25, -0.2) is 4.39 Å². The van der Waals surface area contributed by atoms with Crippen LogP contribution in [0.3, 0.4) is 0 Å². The van der Waals surface area contributed by atoms with Crippen molar-refractivity contribution >= 4 is 11.8 Å². The molecule has 1 heterocycles. The van der Waals surface area contributed by atoms with Crippen LogP contribution in [0.4, 0.5) is 4.39 Å². The highest BCUT2D eigenvalue weighted by Crippen LogP contribution is 2.28. The number of piperidine rings is 1. The lowest BCUT2D eigenvalue weighted by molar-refractivity contribution is -0.133. The smallest absolute Gasteiger partial charge is 0.234 e. The molecule has 0 saturated carbocycles. The summed E-state index contributed by atoms with van der Waals surface area (Å²) in [6.07, 6.45) is 1.66. The molecule has 0 atom stereocenters. The molecule has 32 heavy (non-hydrogen) atoms. The number of carbonyl (C=O) groups is 2. The predicted molar refractivity (Wildman–Crippen MR) is 123 cm³/mol. The number of hydrogen-bond donors (Lipinski definition) is 1. The first-order chi connectivity index (χ1) is 15.6. The minimum Gasteiger partial charge on any atom is -0.353 e. The van der Waals surface area contributed by atoms with Gasteiger partial charge in [-0.15, -0.1) is 0 Å². The molecular formula is C27H27FN2O2. The fourth-order valence-electron chi connectivity index (χ4n) is 4.26. The minimum atomic E-state index is -0.331. The molecule has 0 unspecified atom stereocenters. The zero-order chi connectivity index (χ0) is 22.3. The van der Waals surface area contributed by atoms with Gasteiger partial charge in [-0.3, -0.25) is 9.59 Å². The van der Waals surface area contributed by atoms with Gasteiger partial charge in [0.15, 0.2) is 0 Å². The molecule has 3 aromatic rings. The number of rotatable bonds is 6. The van der Waals surface area contributed by atoms with Crippen LogP contribution < -0.4 is 5.32 Å². The molecule has 4 nitrogen and oxygen atoms in total. The van der Waals surface area contributed by atoms with Crippen LogP contribution in [-0.4, -0.2) is 35.8 Å². The molecule has 0 aliphatic carbocycles. The van der Waals surface area contributed by atoms with Crippen LogP contribution in [0.15, 0.2) is 84.9 Å². The molecule has 0 radical (unpaired) electrons. The van der Waals surface area contributed by atoms with Gasteiger partial charge in [0.1, 0.15) is 5.82 Å². The van der Waals surface area contributed by atoms with Crippen LogP contribution in [0.25, 0.3) is 0 Å². The average Bonchev–Trinajstić information content (AvgIpc) is 2.82. The second-order valence-corrected chi connectivity index (χ2v) is 8.22. The molecule has 3 aromatic carbocycles. The number of likely N-dealkylation sites (tertiary alicyclic amines) is 1. The lowest BCUT2D eigenvalue weighted by Crippen LogP contribution is -2.48. The number of benzene rings is 3. The standard InChI is InChI=1S/C27H27FN2O2/c28-23-13-11-20(12-14-23)19-25(31)29-24-15-17-30(18-16-24)27(32)26(21-7-3-1-4-8-21)22-9-5-2-6-10-22/h1-14,24,26H,15-19H2,(H,29,31). The van der Waals surface area contributed by atoms with E-state index in [0.717, 1.165) is 29.5 Å². The highest BCUT2D eigenvalue weighted by molar-refractivity contribution is 5.87. The lowest BCUT2D eigenvalue weighted by atomic mass is 9.89. The van der Waals surface area contributed by atoms with Crippen molar-refractivity contribution in [1.82, 2.24) is 10.2 Å². The average molecular weight is 431 g/mol. The molecule has 1 aliphatic rings. The molecule has 0 spiro atoms. The third-order valence-corrected chi connectivity index (χ3v) is 5.96. The van der Waals surface area contributed by atoms with E-state index in [2.05, 4.69) is 5.32 Å². The van der Waals surface area contributed by atoms with E-state index >= 15 is 0 Å². The van der Waals surface area contributed by atoms with E-state index in [9.17, 15) is 14.0 Å². The maximum atomic E-state index is 13.5. The quantitative estimate of drug-likeness (QED) is 0.634. The number of hydrogen-bond acceptors (Lipinski definition) is 2. The summed E-state index contributed by atoms with van der Waals surface area (Å²) in [5.41, 5.74) is 2.75. The number of amides is 2. The molecule has 1 aliphatic heterocycles. The lowest BCUT2D eigenvalue weighted by Gasteiger charge is -2.35. The molecule has 0 aromatic heterocycles. The number of carbonyl (C=O) groups excluding carboxylic acids is 2. The van der Waals surface area contributed by atoms with E-state index in [1.165, 1.54) is 12.1 Å². The predicted octanol–water partition coefficient (Wildman–Crippen LogP) is 4.31. The van der Waals surface area contributed by atoms with Crippen molar-refractivity contribution in [2.75, 3.05) is 13.1 Å². The summed E-state index contributed by atoms with van der Waals surface area (Å²) < 4.78 is 13.0. The van der Waals surface area contributed by atoms with Crippen molar-refractivity contribution in [2.45, 2.75) is 31.2 Å². The molecule has 5 heteroatoms. The Labute approximate surface area is 188 Å². The van der Waals surface area contributed by atoms with Crippen molar-refractivity contribution in [2.24, 2.45) is 0 Å². The van der Waals surface area contributed by atoms with Gasteiger partial charge in [0.05, 0.1) is 12.3 Å². The molecule has 4 rings (SSSR count). The van der Waals surface area contributed by atoms with E-state index in [0.29, 0.717) is 13.1 Å². The highest BCUT2D eigenvalue weighted by atomic mass is 19.1. The Balaban J connectivity index is 1.36. The Kier molecular flexibility index (Phi) is 6.95. The molecule has 1 N–H and O–H groups in total. The Morgan fingerprint density at radius 1 is 0.844 bits per heavy atom. The van der Waals surface area contributed by atoms with E-state index in [-0.39, 0.29) is 36.0 Å². The van der Waals surface area contributed by atoms with Gasteiger partial charge in [0, 0.05) is 19.1 Å².